The number of carbonyl (C=O) groups is 1. The maximum absolute atomic E-state index is 12.8. The van der Waals surface area contributed by atoms with Crippen molar-refractivity contribution in [2.45, 2.75) is 19.3 Å². The van der Waals surface area contributed by atoms with E-state index in [0.717, 1.165) is 21.9 Å². The van der Waals surface area contributed by atoms with E-state index < -0.39 is 12.3 Å². The number of rotatable bonds is 5. The largest absolute Gasteiger partial charge is 0.310 e. The summed E-state index contributed by atoms with van der Waals surface area (Å²) in [5, 5.41) is 8.97. The fourth-order valence-electron chi connectivity index (χ4n) is 3.71. The van der Waals surface area contributed by atoms with E-state index >= 15 is 0 Å². The molecule has 0 bridgehead atoms. The Morgan fingerprint density at radius 2 is 1.97 bits per heavy atom. The van der Waals surface area contributed by atoms with Gasteiger partial charge in [0.05, 0.1) is 12.7 Å². The predicted molar refractivity (Wildman–Crippen MR) is 108 cm³/mol. The van der Waals surface area contributed by atoms with Gasteiger partial charge in [-0.2, -0.15) is 5.10 Å². The minimum absolute atomic E-state index is 0.184. The number of benzene rings is 1. The van der Waals surface area contributed by atoms with Gasteiger partial charge < -0.3 is 5.32 Å². The quantitative estimate of drug-likeness (QED) is 0.713. The third-order valence-corrected chi connectivity index (χ3v) is 5.38. The molecule has 1 fully saturated rings. The standard InChI is InChI=1S/C21H23F2N5O/c1-27-12-18(11-25-27)15-2-3-16-10-24-19(9-17(16)8-15)26-20(29)13-28-6-4-14(5-7-28)21(22)23/h2-3,8-12,14,21H,4-7,13H2,1H3,(H,24,26,29). The van der Waals surface area contributed by atoms with Crippen LogP contribution >= 0.6 is 0 Å². The molecule has 1 aliphatic rings. The summed E-state index contributed by atoms with van der Waals surface area (Å²) in [7, 11) is 1.87. The Kier molecular flexibility index (Phi) is 5.53. The molecule has 1 N–H and O–H groups in total. The van der Waals surface area contributed by atoms with Crippen LogP contribution in [-0.2, 0) is 11.8 Å². The first-order valence-corrected chi connectivity index (χ1v) is 9.67. The summed E-state index contributed by atoms with van der Waals surface area (Å²) < 4.78 is 27.3. The van der Waals surface area contributed by atoms with Crippen molar-refractivity contribution in [1.29, 1.82) is 0 Å². The molecule has 3 aromatic rings. The molecule has 0 saturated carbocycles. The number of halogens is 2. The third kappa shape index (κ3) is 4.59. The number of fused-ring (bicyclic) bond motifs is 1. The molecule has 0 radical (unpaired) electrons. The van der Waals surface area contributed by atoms with Crippen molar-refractivity contribution in [3.63, 3.8) is 0 Å². The summed E-state index contributed by atoms with van der Waals surface area (Å²) in [6.07, 6.45) is 4.06. The van der Waals surface area contributed by atoms with E-state index in [1.807, 2.05) is 48.6 Å². The molecule has 1 amide bonds. The van der Waals surface area contributed by atoms with Crippen LogP contribution in [-0.4, -0.2) is 51.6 Å². The average Bonchev–Trinajstić information content (AvgIpc) is 3.14. The Hall–Kier alpha value is -2.87. The molecule has 29 heavy (non-hydrogen) atoms. The number of amides is 1. The number of nitrogens with zero attached hydrogens (tertiary/aromatic N) is 4. The van der Waals surface area contributed by atoms with Crippen LogP contribution in [0.4, 0.5) is 14.6 Å². The molecular weight excluding hydrogens is 376 g/mol. The third-order valence-electron chi connectivity index (χ3n) is 5.38. The van der Waals surface area contributed by atoms with Crippen LogP contribution in [0.1, 0.15) is 12.8 Å². The van der Waals surface area contributed by atoms with Gasteiger partial charge >= 0.3 is 0 Å². The fourth-order valence-corrected chi connectivity index (χ4v) is 3.71. The van der Waals surface area contributed by atoms with E-state index in [-0.39, 0.29) is 12.5 Å². The molecule has 6 nitrogen and oxygen atoms in total. The van der Waals surface area contributed by atoms with Gasteiger partial charge in [0, 0.05) is 36.3 Å². The summed E-state index contributed by atoms with van der Waals surface area (Å²) in [5.74, 6) is -0.255. The highest BCUT2D eigenvalue weighted by Crippen LogP contribution is 2.26. The number of carbonyl (C=O) groups excluding carboxylic acids is 1. The van der Waals surface area contributed by atoms with Crippen molar-refractivity contribution in [3.8, 4) is 11.1 Å². The second-order valence-corrected chi connectivity index (χ2v) is 7.53. The number of piperidine rings is 1. The lowest BCUT2D eigenvalue weighted by Crippen LogP contribution is -2.40. The molecule has 4 rings (SSSR count). The first kappa shape index (κ1) is 19.4. The SMILES string of the molecule is Cn1cc(-c2ccc3cnc(NC(=O)CN4CCC(C(F)F)CC4)cc3c2)cn1. The summed E-state index contributed by atoms with van der Waals surface area (Å²) in [5.41, 5.74) is 2.06. The number of anilines is 1. The normalized spacial score (nSPS) is 15.9. The molecule has 1 saturated heterocycles. The molecule has 0 unspecified atom stereocenters. The maximum Gasteiger partial charge on any atom is 0.241 e. The number of likely N-dealkylation sites (tertiary alicyclic amines) is 1. The maximum atomic E-state index is 12.8. The van der Waals surface area contributed by atoms with E-state index in [1.54, 1.807) is 10.9 Å². The number of aryl methyl sites for hydroxylation is 1. The molecule has 152 valence electrons. The van der Waals surface area contributed by atoms with Crippen LogP contribution in [0.25, 0.3) is 21.9 Å². The van der Waals surface area contributed by atoms with Crippen molar-refractivity contribution >= 4 is 22.5 Å². The number of hydrogen-bond donors (Lipinski definition) is 1. The number of pyridine rings is 1. The van der Waals surface area contributed by atoms with Gasteiger partial charge in [0.25, 0.3) is 0 Å². The molecule has 2 aromatic heterocycles. The van der Waals surface area contributed by atoms with Gasteiger partial charge in [0.15, 0.2) is 0 Å². The van der Waals surface area contributed by atoms with Crippen molar-refractivity contribution in [2.24, 2.45) is 13.0 Å². The molecule has 8 heteroatoms. The molecule has 0 aliphatic carbocycles. The lowest BCUT2D eigenvalue weighted by atomic mass is 9.97. The zero-order chi connectivity index (χ0) is 20.4. The van der Waals surface area contributed by atoms with Gasteiger partial charge in [0.2, 0.25) is 12.3 Å². The van der Waals surface area contributed by atoms with Gasteiger partial charge in [-0.05, 0) is 49.0 Å². The number of nitrogens with one attached hydrogen (secondary N) is 1. The smallest absolute Gasteiger partial charge is 0.241 e. The van der Waals surface area contributed by atoms with Crippen LogP contribution in [0.2, 0.25) is 0 Å². The summed E-state index contributed by atoms with van der Waals surface area (Å²) in [6.45, 7) is 1.22. The molecule has 0 spiro atoms. The summed E-state index contributed by atoms with van der Waals surface area (Å²) in [6, 6.07) is 7.89. The predicted octanol–water partition coefficient (Wildman–Crippen LogP) is 3.55. The topological polar surface area (TPSA) is 63.1 Å². The van der Waals surface area contributed by atoms with Crippen LogP contribution < -0.4 is 5.32 Å². The number of aromatic nitrogens is 3. The molecule has 0 atom stereocenters. The highest BCUT2D eigenvalue weighted by atomic mass is 19.3. The molecular formula is C21H23F2N5O. The van der Waals surface area contributed by atoms with Crippen molar-refractivity contribution < 1.29 is 13.6 Å². The summed E-state index contributed by atoms with van der Waals surface area (Å²) >= 11 is 0. The highest BCUT2D eigenvalue weighted by molar-refractivity contribution is 5.94. The van der Waals surface area contributed by atoms with E-state index in [4.69, 9.17) is 0 Å². The van der Waals surface area contributed by atoms with Crippen LogP contribution in [0.3, 0.4) is 0 Å². The van der Waals surface area contributed by atoms with E-state index in [1.165, 1.54) is 0 Å². The summed E-state index contributed by atoms with van der Waals surface area (Å²) in [4.78, 5) is 18.6. The Bertz CT molecular complexity index is 1010. The van der Waals surface area contributed by atoms with E-state index in [2.05, 4.69) is 15.4 Å². The Balaban J connectivity index is 1.42. The monoisotopic (exact) mass is 399 g/mol. The number of alkyl halides is 2. The molecule has 1 aliphatic heterocycles. The van der Waals surface area contributed by atoms with Crippen LogP contribution in [0.5, 0.6) is 0 Å². The van der Waals surface area contributed by atoms with Gasteiger partial charge in [-0.15, -0.1) is 0 Å². The fraction of sp³-hybridized carbons (Fsp3) is 0.381. The zero-order valence-corrected chi connectivity index (χ0v) is 16.2. The average molecular weight is 399 g/mol. The minimum Gasteiger partial charge on any atom is -0.310 e. The highest BCUT2D eigenvalue weighted by Gasteiger charge is 2.26. The van der Waals surface area contributed by atoms with Gasteiger partial charge in [-0.25, -0.2) is 13.8 Å². The lowest BCUT2D eigenvalue weighted by molar-refractivity contribution is -0.117. The van der Waals surface area contributed by atoms with Crippen molar-refractivity contribution in [2.75, 3.05) is 25.0 Å². The second-order valence-electron chi connectivity index (χ2n) is 7.53. The molecule has 3 heterocycles. The van der Waals surface area contributed by atoms with Crippen LogP contribution in [0, 0.1) is 5.92 Å². The number of hydrogen-bond acceptors (Lipinski definition) is 4. The van der Waals surface area contributed by atoms with E-state index in [0.29, 0.717) is 31.7 Å². The van der Waals surface area contributed by atoms with Gasteiger partial charge in [-0.3, -0.25) is 14.4 Å². The second kappa shape index (κ2) is 8.24. The van der Waals surface area contributed by atoms with E-state index in [9.17, 15) is 13.6 Å². The Morgan fingerprint density at radius 1 is 1.17 bits per heavy atom. The minimum atomic E-state index is -2.27. The lowest BCUT2D eigenvalue weighted by Gasteiger charge is -2.30. The Morgan fingerprint density at radius 3 is 2.66 bits per heavy atom. The van der Waals surface area contributed by atoms with Crippen LogP contribution in [0.15, 0.2) is 42.9 Å². The molecule has 1 aromatic carbocycles. The zero-order valence-electron chi connectivity index (χ0n) is 16.2. The van der Waals surface area contributed by atoms with Crippen molar-refractivity contribution in [3.05, 3.63) is 42.9 Å². The van der Waals surface area contributed by atoms with Gasteiger partial charge in [0.1, 0.15) is 5.82 Å². The first-order valence-electron chi connectivity index (χ1n) is 9.67. The van der Waals surface area contributed by atoms with Gasteiger partial charge in [-0.1, -0.05) is 12.1 Å². The van der Waals surface area contributed by atoms with Crippen molar-refractivity contribution in [1.82, 2.24) is 19.7 Å². The Labute approximate surface area is 167 Å². The first-order chi connectivity index (χ1) is 14.0.